The minimum absolute atomic E-state index is 0.0639. The van der Waals surface area contributed by atoms with E-state index in [1.54, 1.807) is 0 Å². The van der Waals surface area contributed by atoms with Gasteiger partial charge >= 0.3 is 12.1 Å². The maximum absolute atomic E-state index is 13.0. The molecule has 6 nitrogen and oxygen atoms in total. The molecule has 2 atom stereocenters. The van der Waals surface area contributed by atoms with Gasteiger partial charge in [0, 0.05) is 12.5 Å². The fraction of sp³-hybridized carbons (Fsp3) is 0.440. The lowest BCUT2D eigenvalue weighted by Crippen LogP contribution is -2.57. The first kappa shape index (κ1) is 21.4. The Morgan fingerprint density at radius 2 is 1.61 bits per heavy atom. The van der Waals surface area contributed by atoms with E-state index in [1.807, 2.05) is 45.0 Å². The number of benzene rings is 2. The highest BCUT2D eigenvalue weighted by Gasteiger charge is 2.43. The number of hydrogen-bond donors (Lipinski definition) is 1. The molecule has 0 radical (unpaired) electrons. The van der Waals surface area contributed by atoms with Crippen molar-refractivity contribution in [2.75, 3.05) is 13.2 Å². The summed E-state index contributed by atoms with van der Waals surface area (Å²) in [6.45, 7) is 6.17. The first-order chi connectivity index (χ1) is 14.8. The summed E-state index contributed by atoms with van der Waals surface area (Å²) in [5.41, 5.74) is 4.05. The summed E-state index contributed by atoms with van der Waals surface area (Å²) in [6, 6.07) is 15.2. The largest absolute Gasteiger partial charge is 0.480 e. The predicted molar refractivity (Wildman–Crippen MR) is 117 cm³/mol. The third-order valence-electron chi connectivity index (χ3n) is 5.90. The normalized spacial score (nSPS) is 20.8. The Hall–Kier alpha value is -2.86. The van der Waals surface area contributed by atoms with Crippen LogP contribution in [0.4, 0.5) is 4.79 Å². The summed E-state index contributed by atoms with van der Waals surface area (Å²) >= 11 is 0. The molecule has 2 aliphatic rings. The molecule has 1 aliphatic carbocycles. The lowest BCUT2D eigenvalue weighted by Gasteiger charge is -2.40. The van der Waals surface area contributed by atoms with Crippen molar-refractivity contribution in [1.29, 1.82) is 0 Å². The number of carboxylic acids is 1. The van der Waals surface area contributed by atoms with Crippen molar-refractivity contribution >= 4 is 12.1 Å². The number of nitrogens with zero attached hydrogens (tertiary/aromatic N) is 1. The zero-order valence-corrected chi connectivity index (χ0v) is 18.2. The molecule has 1 saturated heterocycles. The molecule has 31 heavy (non-hydrogen) atoms. The van der Waals surface area contributed by atoms with E-state index in [9.17, 15) is 14.7 Å². The zero-order chi connectivity index (χ0) is 22.2. The highest BCUT2D eigenvalue weighted by molar-refractivity contribution is 5.82. The van der Waals surface area contributed by atoms with Gasteiger partial charge in [-0.25, -0.2) is 9.59 Å². The lowest BCUT2D eigenvalue weighted by molar-refractivity contribution is -0.160. The fourth-order valence-corrected chi connectivity index (χ4v) is 4.71. The molecule has 0 unspecified atom stereocenters. The SMILES string of the molecule is CC(C)(C)O[C@H]1CCCN(C(=O)OCC2c3ccccc3-c3ccccc32)[C@H]1C(=O)O. The van der Waals surface area contributed by atoms with Gasteiger partial charge in [-0.1, -0.05) is 48.5 Å². The summed E-state index contributed by atoms with van der Waals surface area (Å²) in [6.07, 6.45) is 0.110. The molecule has 0 aromatic heterocycles. The van der Waals surface area contributed by atoms with E-state index in [4.69, 9.17) is 9.47 Å². The molecule has 2 aromatic carbocycles. The quantitative estimate of drug-likeness (QED) is 0.774. The number of hydrogen-bond acceptors (Lipinski definition) is 4. The molecular weight excluding hydrogens is 394 g/mol. The summed E-state index contributed by atoms with van der Waals surface area (Å²) in [5.74, 6) is -1.13. The van der Waals surface area contributed by atoms with Crippen molar-refractivity contribution < 1.29 is 24.2 Å². The van der Waals surface area contributed by atoms with Crippen LogP contribution in [0.25, 0.3) is 11.1 Å². The van der Waals surface area contributed by atoms with Crippen LogP contribution in [0.5, 0.6) is 0 Å². The van der Waals surface area contributed by atoms with Gasteiger partial charge in [0.2, 0.25) is 0 Å². The van der Waals surface area contributed by atoms with Gasteiger partial charge in [-0.15, -0.1) is 0 Å². The fourth-order valence-electron chi connectivity index (χ4n) is 4.71. The topological polar surface area (TPSA) is 76.1 Å². The number of fused-ring (bicyclic) bond motifs is 3. The van der Waals surface area contributed by atoms with Crippen molar-refractivity contribution in [3.05, 3.63) is 59.7 Å². The van der Waals surface area contributed by atoms with Gasteiger partial charge in [-0.3, -0.25) is 4.90 Å². The van der Waals surface area contributed by atoms with E-state index < -0.39 is 29.8 Å². The van der Waals surface area contributed by atoms with E-state index in [2.05, 4.69) is 24.3 Å². The van der Waals surface area contributed by atoms with Crippen LogP contribution in [0.2, 0.25) is 0 Å². The first-order valence-electron chi connectivity index (χ1n) is 10.8. The number of aliphatic carboxylic acids is 1. The summed E-state index contributed by atoms with van der Waals surface area (Å²) < 4.78 is 11.7. The van der Waals surface area contributed by atoms with E-state index in [-0.39, 0.29) is 12.5 Å². The Morgan fingerprint density at radius 1 is 1.03 bits per heavy atom. The number of carboxylic acid groups (broad SMARTS) is 1. The van der Waals surface area contributed by atoms with Crippen LogP contribution in [0.3, 0.4) is 0 Å². The highest BCUT2D eigenvalue weighted by atomic mass is 16.6. The van der Waals surface area contributed by atoms with Crippen LogP contribution in [0.15, 0.2) is 48.5 Å². The molecule has 6 heteroatoms. The number of piperidine rings is 1. The lowest BCUT2D eigenvalue weighted by atomic mass is 9.97. The smallest absolute Gasteiger partial charge is 0.410 e. The van der Waals surface area contributed by atoms with Crippen molar-refractivity contribution in [3.63, 3.8) is 0 Å². The van der Waals surface area contributed by atoms with Crippen molar-refractivity contribution in [1.82, 2.24) is 4.90 Å². The number of ether oxygens (including phenoxy) is 2. The molecule has 1 N–H and O–H groups in total. The number of rotatable bonds is 4. The molecule has 0 bridgehead atoms. The van der Waals surface area contributed by atoms with Crippen LogP contribution in [-0.4, -0.2) is 53.0 Å². The second-order valence-corrected chi connectivity index (χ2v) is 9.19. The van der Waals surface area contributed by atoms with Gasteiger partial charge in [-0.05, 0) is 55.9 Å². The maximum Gasteiger partial charge on any atom is 0.410 e. The summed E-state index contributed by atoms with van der Waals surface area (Å²) in [7, 11) is 0. The molecule has 1 heterocycles. The molecule has 4 rings (SSSR count). The second kappa shape index (κ2) is 8.35. The molecule has 0 spiro atoms. The molecule has 1 fully saturated rings. The van der Waals surface area contributed by atoms with E-state index in [0.717, 1.165) is 22.3 Å². The zero-order valence-electron chi connectivity index (χ0n) is 18.2. The summed E-state index contributed by atoms with van der Waals surface area (Å²) in [5, 5.41) is 9.84. The minimum Gasteiger partial charge on any atom is -0.480 e. The highest BCUT2D eigenvalue weighted by Crippen LogP contribution is 2.44. The molecule has 1 aliphatic heterocycles. The van der Waals surface area contributed by atoms with Crippen LogP contribution < -0.4 is 0 Å². The number of amides is 1. The number of carbonyl (C=O) groups excluding carboxylic acids is 1. The van der Waals surface area contributed by atoms with E-state index >= 15 is 0 Å². The third-order valence-corrected chi connectivity index (χ3v) is 5.90. The van der Waals surface area contributed by atoms with Gasteiger partial charge in [0.25, 0.3) is 0 Å². The van der Waals surface area contributed by atoms with Crippen LogP contribution >= 0.6 is 0 Å². The third kappa shape index (κ3) is 4.30. The average Bonchev–Trinajstić information content (AvgIpc) is 3.04. The standard InChI is InChI=1S/C25H29NO5/c1-25(2,3)31-21-13-8-14-26(22(21)23(27)28)24(29)30-15-20-18-11-6-4-9-16(18)17-10-5-7-12-19(17)20/h4-7,9-12,20-22H,8,13-15H2,1-3H3,(H,27,28)/t21-,22+/m0/s1. The Morgan fingerprint density at radius 3 is 2.16 bits per heavy atom. The number of carbonyl (C=O) groups is 2. The molecular formula is C25H29NO5. The Kier molecular flexibility index (Phi) is 5.75. The Bertz CT molecular complexity index is 934. The summed E-state index contributed by atoms with van der Waals surface area (Å²) in [4.78, 5) is 26.3. The Balaban J connectivity index is 1.51. The second-order valence-electron chi connectivity index (χ2n) is 9.19. The molecule has 164 valence electrons. The first-order valence-corrected chi connectivity index (χ1v) is 10.8. The Labute approximate surface area is 182 Å². The van der Waals surface area contributed by atoms with Crippen LogP contribution in [0.1, 0.15) is 50.7 Å². The van der Waals surface area contributed by atoms with Gasteiger partial charge in [0.15, 0.2) is 6.04 Å². The molecule has 0 saturated carbocycles. The van der Waals surface area contributed by atoms with E-state index in [0.29, 0.717) is 19.4 Å². The van der Waals surface area contributed by atoms with Crippen molar-refractivity contribution in [2.45, 2.75) is 57.3 Å². The van der Waals surface area contributed by atoms with Crippen LogP contribution in [-0.2, 0) is 14.3 Å². The van der Waals surface area contributed by atoms with Crippen LogP contribution in [0, 0.1) is 0 Å². The maximum atomic E-state index is 13.0. The predicted octanol–water partition coefficient (Wildman–Crippen LogP) is 4.67. The van der Waals surface area contributed by atoms with Gasteiger partial charge in [-0.2, -0.15) is 0 Å². The van der Waals surface area contributed by atoms with Gasteiger partial charge < -0.3 is 14.6 Å². The van der Waals surface area contributed by atoms with Gasteiger partial charge in [0.05, 0.1) is 11.7 Å². The van der Waals surface area contributed by atoms with Gasteiger partial charge in [0.1, 0.15) is 6.61 Å². The molecule has 1 amide bonds. The number of likely N-dealkylation sites (tertiary alicyclic amines) is 1. The molecule has 2 aromatic rings. The average molecular weight is 424 g/mol. The minimum atomic E-state index is -1.07. The van der Waals surface area contributed by atoms with Crippen molar-refractivity contribution in [3.8, 4) is 11.1 Å². The monoisotopic (exact) mass is 423 g/mol. The van der Waals surface area contributed by atoms with E-state index in [1.165, 1.54) is 4.90 Å². The van der Waals surface area contributed by atoms with Crippen molar-refractivity contribution in [2.24, 2.45) is 0 Å².